The van der Waals surface area contributed by atoms with Crippen molar-refractivity contribution >= 4 is 22.9 Å². The lowest BCUT2D eigenvalue weighted by Gasteiger charge is -2.01. The number of ketones is 1. The Morgan fingerprint density at radius 2 is 2.00 bits per heavy atom. The van der Waals surface area contributed by atoms with Crippen LogP contribution in [0.5, 0.6) is 0 Å². The average molecular weight is 312 g/mol. The molecule has 0 saturated heterocycles. The van der Waals surface area contributed by atoms with Gasteiger partial charge in [0.1, 0.15) is 11.2 Å². The number of aryl methyl sites for hydroxylation is 1. The van der Waals surface area contributed by atoms with Gasteiger partial charge in [-0.2, -0.15) is 0 Å². The molecule has 1 N–H and O–H groups in total. The van der Waals surface area contributed by atoms with Gasteiger partial charge in [0, 0.05) is 11.3 Å². The molecule has 0 bridgehead atoms. The zero-order chi connectivity index (χ0) is 16.6. The normalized spacial score (nSPS) is 10.9. The molecule has 3 aromatic rings. The van der Waals surface area contributed by atoms with Gasteiger partial charge in [-0.15, -0.1) is 0 Å². The molecule has 0 unspecified atom stereocenters. The van der Waals surface area contributed by atoms with Crippen LogP contribution in [-0.2, 0) is 11.3 Å². The third-order valence-corrected chi connectivity index (χ3v) is 3.66. The zero-order valence-corrected chi connectivity index (χ0v) is 13.1. The molecule has 2 heterocycles. The summed E-state index contributed by atoms with van der Waals surface area (Å²) < 4.78 is 10.7. The number of oxazole rings is 1. The number of aromatic amines is 1. The van der Waals surface area contributed by atoms with Crippen LogP contribution in [0.2, 0.25) is 0 Å². The van der Waals surface area contributed by atoms with Crippen LogP contribution >= 0.6 is 0 Å². The van der Waals surface area contributed by atoms with Gasteiger partial charge >= 0.3 is 5.97 Å². The Kier molecular flexibility index (Phi) is 3.73. The number of nitrogens with one attached hydrogen (secondary N) is 1. The van der Waals surface area contributed by atoms with Crippen LogP contribution in [0.3, 0.4) is 0 Å². The molecule has 2 aromatic heterocycles. The first-order chi connectivity index (χ1) is 11.0. The number of H-pyrrole nitrogens is 1. The van der Waals surface area contributed by atoms with Gasteiger partial charge in [-0.1, -0.05) is 12.1 Å². The molecule has 0 amide bonds. The largest absolute Gasteiger partial charge is 0.451 e. The van der Waals surface area contributed by atoms with E-state index in [1.54, 1.807) is 19.9 Å². The van der Waals surface area contributed by atoms with Crippen LogP contribution in [0, 0.1) is 13.8 Å². The molecule has 6 heteroatoms. The topological polar surface area (TPSA) is 85.2 Å². The van der Waals surface area contributed by atoms with E-state index in [0.717, 1.165) is 0 Å². The second-order valence-electron chi connectivity index (χ2n) is 5.33. The Labute approximate surface area is 132 Å². The Morgan fingerprint density at radius 3 is 2.65 bits per heavy atom. The minimum atomic E-state index is -0.541. The first-order valence-corrected chi connectivity index (χ1v) is 7.19. The number of esters is 1. The summed E-state index contributed by atoms with van der Waals surface area (Å²) in [5.74, 6) is -0.304. The summed E-state index contributed by atoms with van der Waals surface area (Å²) in [6.07, 6.45) is 0. The molecule has 0 spiro atoms. The number of fused-ring (bicyclic) bond motifs is 1. The van der Waals surface area contributed by atoms with Gasteiger partial charge in [-0.05, 0) is 38.5 Å². The maximum absolute atomic E-state index is 12.2. The van der Waals surface area contributed by atoms with Gasteiger partial charge in [0.05, 0.1) is 0 Å². The van der Waals surface area contributed by atoms with Crippen molar-refractivity contribution in [3.05, 3.63) is 52.7 Å². The van der Waals surface area contributed by atoms with E-state index < -0.39 is 5.97 Å². The monoisotopic (exact) mass is 312 g/mol. The van der Waals surface area contributed by atoms with E-state index in [1.807, 2.05) is 18.2 Å². The number of Topliss-reactive ketones (excluding diaryl/α,β-unsaturated/α-hetero) is 1. The molecule has 0 atom stereocenters. The summed E-state index contributed by atoms with van der Waals surface area (Å²) in [6.45, 7) is 4.87. The van der Waals surface area contributed by atoms with Crippen LogP contribution in [0.15, 0.2) is 28.7 Å². The van der Waals surface area contributed by atoms with E-state index >= 15 is 0 Å². The van der Waals surface area contributed by atoms with Crippen LogP contribution in [-0.4, -0.2) is 21.7 Å². The number of carbonyl (C=O) groups is 2. The molecule has 3 rings (SSSR count). The highest BCUT2D eigenvalue weighted by Crippen LogP contribution is 2.20. The Balaban J connectivity index is 1.77. The lowest BCUT2D eigenvalue weighted by atomic mass is 10.1. The third kappa shape index (κ3) is 2.75. The lowest BCUT2D eigenvalue weighted by Crippen LogP contribution is -2.08. The van der Waals surface area contributed by atoms with Gasteiger partial charge in [-0.25, -0.2) is 9.78 Å². The number of benzene rings is 1. The fraction of sp³-hybridized carbons (Fsp3) is 0.235. The summed E-state index contributed by atoms with van der Waals surface area (Å²) in [4.78, 5) is 31.0. The fourth-order valence-electron chi connectivity index (χ4n) is 2.66. The summed E-state index contributed by atoms with van der Waals surface area (Å²) in [6, 6.07) is 7.32. The van der Waals surface area contributed by atoms with Crippen molar-refractivity contribution in [1.82, 2.24) is 9.97 Å². The number of ether oxygens (including phenoxy) is 1. The van der Waals surface area contributed by atoms with Crippen molar-refractivity contribution in [1.29, 1.82) is 0 Å². The lowest BCUT2D eigenvalue weighted by molar-refractivity contribution is 0.0433. The van der Waals surface area contributed by atoms with E-state index in [0.29, 0.717) is 33.8 Å². The highest BCUT2D eigenvalue weighted by Gasteiger charge is 2.21. The Morgan fingerprint density at radius 1 is 1.26 bits per heavy atom. The van der Waals surface area contributed by atoms with Crippen LogP contribution in [0.4, 0.5) is 0 Å². The summed E-state index contributed by atoms with van der Waals surface area (Å²) in [5.41, 5.74) is 3.41. The van der Waals surface area contributed by atoms with Crippen molar-refractivity contribution in [3.8, 4) is 0 Å². The summed E-state index contributed by atoms with van der Waals surface area (Å²) in [5, 5.41) is 0. The van der Waals surface area contributed by atoms with Gasteiger partial charge in [-0.3, -0.25) is 4.79 Å². The number of aromatic nitrogens is 2. The zero-order valence-electron chi connectivity index (χ0n) is 13.1. The molecule has 0 fully saturated rings. The molecule has 1 aromatic carbocycles. The second kappa shape index (κ2) is 5.72. The fourth-order valence-corrected chi connectivity index (χ4v) is 2.66. The number of para-hydroxylation sites is 2. The summed E-state index contributed by atoms with van der Waals surface area (Å²) >= 11 is 0. The number of nitrogens with zero attached hydrogens (tertiary/aromatic N) is 1. The number of hydrogen-bond acceptors (Lipinski definition) is 5. The van der Waals surface area contributed by atoms with Gasteiger partial charge < -0.3 is 14.1 Å². The van der Waals surface area contributed by atoms with E-state index in [2.05, 4.69) is 9.97 Å². The molecule has 0 radical (unpaired) electrons. The number of hydrogen-bond donors (Lipinski definition) is 1. The predicted octanol–water partition coefficient (Wildman–Crippen LogP) is 3.33. The van der Waals surface area contributed by atoms with E-state index in [4.69, 9.17) is 9.15 Å². The van der Waals surface area contributed by atoms with Crippen molar-refractivity contribution in [2.45, 2.75) is 27.4 Å². The highest BCUT2D eigenvalue weighted by atomic mass is 16.5. The van der Waals surface area contributed by atoms with E-state index in [9.17, 15) is 9.59 Å². The van der Waals surface area contributed by atoms with Gasteiger partial charge in [0.2, 0.25) is 5.89 Å². The highest BCUT2D eigenvalue weighted by molar-refractivity contribution is 6.01. The number of carbonyl (C=O) groups excluding carboxylic acids is 2. The van der Waals surface area contributed by atoms with Gasteiger partial charge in [0.25, 0.3) is 0 Å². The first-order valence-electron chi connectivity index (χ1n) is 7.19. The molecule has 0 saturated carbocycles. The minimum Gasteiger partial charge on any atom is -0.451 e. The Bertz CT molecular complexity index is 872. The van der Waals surface area contributed by atoms with E-state index in [1.165, 1.54) is 6.92 Å². The molecule has 6 nitrogen and oxygen atoms in total. The van der Waals surface area contributed by atoms with Gasteiger partial charge in [0.15, 0.2) is 18.0 Å². The Hall–Kier alpha value is -2.89. The van der Waals surface area contributed by atoms with Crippen molar-refractivity contribution < 1.29 is 18.7 Å². The molecule has 0 aliphatic heterocycles. The molecular weight excluding hydrogens is 296 g/mol. The standard InChI is InChI=1S/C17H16N2O4/c1-9-15(11(3)20)10(2)18-16(9)17(21)22-8-14-19-12-6-4-5-7-13(12)23-14/h4-7,18H,8H2,1-3H3. The van der Waals surface area contributed by atoms with Crippen LogP contribution in [0.25, 0.3) is 11.1 Å². The SMILES string of the molecule is CC(=O)c1c(C)[nH]c(C(=O)OCc2nc3ccccc3o2)c1C. The maximum Gasteiger partial charge on any atom is 0.355 e. The quantitative estimate of drug-likeness (QED) is 0.590. The molecular formula is C17H16N2O4. The third-order valence-electron chi connectivity index (χ3n) is 3.66. The molecule has 0 aliphatic rings. The second-order valence-corrected chi connectivity index (χ2v) is 5.33. The predicted molar refractivity (Wildman–Crippen MR) is 83.4 cm³/mol. The minimum absolute atomic E-state index is 0.0690. The van der Waals surface area contributed by atoms with E-state index in [-0.39, 0.29) is 18.1 Å². The summed E-state index contributed by atoms with van der Waals surface area (Å²) in [7, 11) is 0. The van der Waals surface area contributed by atoms with Crippen molar-refractivity contribution in [2.24, 2.45) is 0 Å². The molecule has 0 aliphatic carbocycles. The van der Waals surface area contributed by atoms with Crippen molar-refractivity contribution in [2.75, 3.05) is 0 Å². The van der Waals surface area contributed by atoms with Crippen molar-refractivity contribution in [3.63, 3.8) is 0 Å². The smallest absolute Gasteiger partial charge is 0.355 e. The van der Waals surface area contributed by atoms with Crippen LogP contribution < -0.4 is 0 Å². The molecule has 118 valence electrons. The molecule has 23 heavy (non-hydrogen) atoms. The maximum atomic E-state index is 12.2. The average Bonchev–Trinajstić information content (AvgIpc) is 3.05. The first kappa shape index (κ1) is 15.0. The number of rotatable bonds is 4. The van der Waals surface area contributed by atoms with Crippen LogP contribution in [0.1, 0.15) is 44.9 Å².